The number of aryl methyl sites for hydroxylation is 1. The standard InChI is InChI=1S/C19H20F3N5O3S/c1-11-14(19(28)26-31(2,3)29)9-27-17(11)18(23-10-24-27)25-15-5-4-12(22)6-16(15)30-13(7-20)8-21/h4-6,9-10,13H,2,7-8H2,1,3H3,(H,23,24,25)(H,26,28,29). The van der Waals surface area contributed by atoms with Gasteiger partial charge in [0, 0.05) is 28.2 Å². The highest BCUT2D eigenvalue weighted by Gasteiger charge is 2.20. The van der Waals surface area contributed by atoms with E-state index >= 15 is 0 Å². The minimum absolute atomic E-state index is 0.109. The highest BCUT2D eigenvalue weighted by molar-refractivity contribution is 7.98. The zero-order chi connectivity index (χ0) is 22.8. The zero-order valence-corrected chi connectivity index (χ0v) is 17.5. The van der Waals surface area contributed by atoms with Gasteiger partial charge in [0.15, 0.2) is 11.9 Å². The Balaban J connectivity index is 2.02. The van der Waals surface area contributed by atoms with Crippen LogP contribution in [0, 0.1) is 12.7 Å². The maximum absolute atomic E-state index is 13.7. The van der Waals surface area contributed by atoms with Gasteiger partial charge in [-0.3, -0.25) is 9.52 Å². The van der Waals surface area contributed by atoms with Crippen LogP contribution in [0.4, 0.5) is 24.7 Å². The molecule has 1 amide bonds. The van der Waals surface area contributed by atoms with E-state index in [1.165, 1.54) is 29.4 Å². The maximum Gasteiger partial charge on any atom is 0.264 e. The van der Waals surface area contributed by atoms with Crippen LogP contribution in [0.15, 0.2) is 30.7 Å². The molecule has 3 aromatic rings. The van der Waals surface area contributed by atoms with Gasteiger partial charge >= 0.3 is 0 Å². The summed E-state index contributed by atoms with van der Waals surface area (Å²) in [5.74, 6) is 2.26. The number of ether oxygens (including phenoxy) is 1. The molecule has 2 N–H and O–H groups in total. The number of carbonyl (C=O) groups excluding carboxylic acids is 1. The van der Waals surface area contributed by atoms with Gasteiger partial charge < -0.3 is 10.1 Å². The monoisotopic (exact) mass is 455 g/mol. The van der Waals surface area contributed by atoms with Gasteiger partial charge in [-0.1, -0.05) is 0 Å². The minimum atomic E-state index is -2.78. The molecule has 2 heterocycles. The summed E-state index contributed by atoms with van der Waals surface area (Å²) in [5, 5.41) is 6.99. The Kier molecular flexibility index (Phi) is 6.39. The van der Waals surface area contributed by atoms with Crippen LogP contribution in [0.5, 0.6) is 5.75 Å². The summed E-state index contributed by atoms with van der Waals surface area (Å²) in [6, 6.07) is 3.47. The third-order valence-corrected chi connectivity index (χ3v) is 4.83. The van der Waals surface area contributed by atoms with Gasteiger partial charge in [0.25, 0.3) is 5.91 Å². The number of carbonyl (C=O) groups is 1. The van der Waals surface area contributed by atoms with E-state index in [0.717, 1.165) is 12.1 Å². The summed E-state index contributed by atoms with van der Waals surface area (Å²) in [5.41, 5.74) is 1.28. The number of nitrogens with one attached hydrogen (secondary N) is 2. The number of halogens is 3. The van der Waals surface area contributed by atoms with Crippen LogP contribution in [0.25, 0.3) is 5.52 Å². The van der Waals surface area contributed by atoms with Gasteiger partial charge in [-0.2, -0.15) is 5.10 Å². The van der Waals surface area contributed by atoms with Crippen LogP contribution in [0.3, 0.4) is 0 Å². The Labute approximate surface area is 176 Å². The molecule has 0 aliphatic rings. The van der Waals surface area contributed by atoms with Crippen LogP contribution in [-0.4, -0.2) is 56.3 Å². The fourth-order valence-electron chi connectivity index (χ4n) is 2.84. The van der Waals surface area contributed by atoms with E-state index in [0.29, 0.717) is 11.1 Å². The molecular weight excluding hydrogens is 435 g/mol. The Hall–Kier alpha value is -3.28. The van der Waals surface area contributed by atoms with E-state index in [4.69, 9.17) is 4.74 Å². The molecule has 0 saturated heterocycles. The third kappa shape index (κ3) is 5.08. The van der Waals surface area contributed by atoms with Gasteiger partial charge in [0.1, 0.15) is 36.8 Å². The molecule has 1 atom stereocenters. The molecule has 31 heavy (non-hydrogen) atoms. The highest BCUT2D eigenvalue weighted by Crippen LogP contribution is 2.32. The molecule has 0 radical (unpaired) electrons. The fourth-order valence-corrected chi connectivity index (χ4v) is 3.34. The quantitative estimate of drug-likeness (QED) is 0.507. The highest BCUT2D eigenvalue weighted by atomic mass is 32.2. The van der Waals surface area contributed by atoms with E-state index < -0.39 is 40.9 Å². The normalized spacial score (nSPS) is 13.2. The average molecular weight is 455 g/mol. The van der Waals surface area contributed by atoms with Gasteiger partial charge in [0.05, 0.1) is 11.3 Å². The number of fused-ring (bicyclic) bond motifs is 1. The molecule has 1 aromatic carbocycles. The molecule has 2 aromatic heterocycles. The number of hydrogen-bond donors (Lipinski definition) is 2. The largest absolute Gasteiger partial charge is 0.483 e. The predicted molar refractivity (Wildman–Crippen MR) is 112 cm³/mol. The summed E-state index contributed by atoms with van der Waals surface area (Å²) >= 11 is 0. The number of nitrogens with zero attached hydrogens (tertiary/aromatic N) is 3. The Morgan fingerprint density at radius 1 is 1.35 bits per heavy atom. The van der Waals surface area contributed by atoms with Crippen LogP contribution in [-0.2, 0) is 9.71 Å². The molecule has 0 aliphatic heterocycles. The molecule has 0 bridgehead atoms. The number of amides is 1. The van der Waals surface area contributed by atoms with Crippen LogP contribution in [0.1, 0.15) is 15.9 Å². The Bertz CT molecular complexity index is 1230. The molecule has 0 fully saturated rings. The van der Waals surface area contributed by atoms with E-state index in [1.54, 1.807) is 6.92 Å². The zero-order valence-electron chi connectivity index (χ0n) is 16.7. The van der Waals surface area contributed by atoms with Crippen molar-refractivity contribution in [2.24, 2.45) is 0 Å². The number of benzene rings is 1. The Morgan fingerprint density at radius 3 is 2.71 bits per heavy atom. The lowest BCUT2D eigenvalue weighted by molar-refractivity contribution is 0.0982. The number of aromatic nitrogens is 3. The van der Waals surface area contributed by atoms with Crippen LogP contribution in [0.2, 0.25) is 0 Å². The van der Waals surface area contributed by atoms with Crippen molar-refractivity contribution in [3.63, 3.8) is 0 Å². The first kappa shape index (κ1) is 22.4. The number of anilines is 2. The summed E-state index contributed by atoms with van der Waals surface area (Å²) in [7, 11) is -2.78. The first-order valence-electron chi connectivity index (χ1n) is 8.95. The SMILES string of the molecule is C=S(C)(=O)NC(=O)c1cn2ncnc(Nc3ccc(F)cc3OC(CF)CF)c2c1C. The molecule has 166 valence electrons. The van der Waals surface area contributed by atoms with Gasteiger partial charge in [0.2, 0.25) is 0 Å². The second-order valence-electron chi connectivity index (χ2n) is 6.82. The fraction of sp³-hybridized carbons (Fsp3) is 0.263. The van der Waals surface area contributed by atoms with Crippen LogP contribution >= 0.6 is 0 Å². The molecule has 0 aliphatic carbocycles. The lowest BCUT2D eigenvalue weighted by atomic mass is 10.2. The van der Waals surface area contributed by atoms with Gasteiger partial charge in [-0.05, 0) is 30.5 Å². The topological polar surface area (TPSA) is 97.6 Å². The predicted octanol–water partition coefficient (Wildman–Crippen LogP) is 2.60. The van der Waals surface area contributed by atoms with Gasteiger partial charge in [-0.15, -0.1) is 0 Å². The Morgan fingerprint density at radius 2 is 2.06 bits per heavy atom. The minimum Gasteiger partial charge on any atom is -0.483 e. The number of alkyl halides is 2. The maximum atomic E-state index is 13.7. The van der Waals surface area contributed by atoms with Crippen molar-refractivity contribution < 1.29 is 26.9 Å². The van der Waals surface area contributed by atoms with Crippen molar-refractivity contribution in [1.82, 2.24) is 19.3 Å². The van der Waals surface area contributed by atoms with E-state index in [1.807, 2.05) is 0 Å². The average Bonchev–Trinajstić information content (AvgIpc) is 3.04. The first-order valence-corrected chi connectivity index (χ1v) is 11.1. The van der Waals surface area contributed by atoms with Crippen molar-refractivity contribution in [2.45, 2.75) is 13.0 Å². The van der Waals surface area contributed by atoms with Gasteiger partial charge in [-0.25, -0.2) is 26.9 Å². The van der Waals surface area contributed by atoms with E-state index in [9.17, 15) is 22.2 Å². The summed E-state index contributed by atoms with van der Waals surface area (Å²) in [6.45, 7) is -0.537. The van der Waals surface area contributed by atoms with Crippen LogP contribution < -0.4 is 14.8 Å². The lowest BCUT2D eigenvalue weighted by Gasteiger charge is -2.17. The molecule has 8 nitrogen and oxygen atoms in total. The summed E-state index contributed by atoms with van der Waals surface area (Å²) < 4.78 is 60.2. The summed E-state index contributed by atoms with van der Waals surface area (Å²) in [6.07, 6.45) is 2.56. The second-order valence-corrected chi connectivity index (χ2v) is 9.03. The molecular formula is C19H20F3N5O3S. The number of hydrogen-bond acceptors (Lipinski definition) is 6. The number of rotatable bonds is 8. The summed E-state index contributed by atoms with van der Waals surface area (Å²) in [4.78, 5) is 16.6. The first-order chi connectivity index (χ1) is 14.6. The van der Waals surface area contributed by atoms with Crippen molar-refractivity contribution in [3.8, 4) is 5.75 Å². The molecule has 12 heteroatoms. The van der Waals surface area contributed by atoms with Crippen molar-refractivity contribution >= 4 is 38.5 Å². The molecule has 0 saturated carbocycles. The van der Waals surface area contributed by atoms with Crippen molar-refractivity contribution in [3.05, 3.63) is 47.7 Å². The molecule has 3 rings (SSSR count). The van der Waals surface area contributed by atoms with Crippen molar-refractivity contribution in [2.75, 3.05) is 24.9 Å². The lowest BCUT2D eigenvalue weighted by Crippen LogP contribution is -2.29. The second kappa shape index (κ2) is 8.84. The molecule has 0 spiro atoms. The smallest absolute Gasteiger partial charge is 0.264 e. The van der Waals surface area contributed by atoms with E-state index in [2.05, 4.69) is 26.0 Å². The van der Waals surface area contributed by atoms with Crippen molar-refractivity contribution in [1.29, 1.82) is 0 Å². The third-order valence-electron chi connectivity index (χ3n) is 4.21. The molecule has 1 unspecified atom stereocenters. The van der Waals surface area contributed by atoms with E-state index in [-0.39, 0.29) is 22.8 Å².